The fourth-order valence-corrected chi connectivity index (χ4v) is 4.14. The normalized spacial score (nSPS) is 14.1. The molecule has 0 radical (unpaired) electrons. The Balaban J connectivity index is 4.17. The molecule has 3 N–H and O–H groups in total. The average molecular weight is 627 g/mol. The lowest BCUT2D eigenvalue weighted by Crippen LogP contribution is -2.29. The summed E-state index contributed by atoms with van der Waals surface area (Å²) >= 11 is 0. The average Bonchev–Trinajstić information content (AvgIpc) is 2.96. The fourth-order valence-electron chi connectivity index (χ4n) is 3.78. The molecule has 1 unspecified atom stereocenters. The fraction of sp³-hybridized carbons (Fsp3) is 0.636. The number of hydrogen-bond donors (Lipinski definition) is 3. The molecule has 0 fully saturated rings. The highest BCUT2D eigenvalue weighted by Crippen LogP contribution is 2.35. The third kappa shape index (κ3) is 31.0. The van der Waals surface area contributed by atoms with Crippen LogP contribution in [0.1, 0.15) is 110 Å². The predicted octanol–water partition coefficient (Wildman–Crippen LogP) is 7.58. The summed E-state index contributed by atoms with van der Waals surface area (Å²) in [6.07, 6.45) is 30.3. The highest BCUT2D eigenvalue weighted by Gasteiger charge is 2.22. The summed E-state index contributed by atoms with van der Waals surface area (Å²) in [7, 11) is -4.76. The van der Waals surface area contributed by atoms with Gasteiger partial charge in [-0.1, -0.05) is 113 Å². The number of ether oxygens (including phenoxy) is 2. The number of unbranched alkanes of at least 4 members (excludes halogenated alkanes) is 7. The van der Waals surface area contributed by atoms with Crippen LogP contribution in [0.2, 0.25) is 0 Å². The Labute approximate surface area is 259 Å². The van der Waals surface area contributed by atoms with Crippen molar-refractivity contribution in [2.75, 3.05) is 13.2 Å². The van der Waals surface area contributed by atoms with Crippen LogP contribution < -0.4 is 0 Å². The van der Waals surface area contributed by atoms with E-state index in [1.807, 2.05) is 55.5 Å². The van der Waals surface area contributed by atoms with Gasteiger partial charge in [-0.25, -0.2) is 4.57 Å². The monoisotopic (exact) mass is 626 g/mol. The minimum atomic E-state index is -4.76. The number of rotatable bonds is 27. The number of phosphoric ester groups is 1. The van der Waals surface area contributed by atoms with E-state index in [2.05, 4.69) is 23.6 Å². The molecule has 246 valence electrons. The van der Waals surface area contributed by atoms with Gasteiger partial charge in [0.2, 0.25) is 0 Å². The van der Waals surface area contributed by atoms with Crippen molar-refractivity contribution in [3.8, 4) is 0 Å². The Morgan fingerprint density at radius 2 is 1.37 bits per heavy atom. The van der Waals surface area contributed by atoms with Crippen LogP contribution in [0.5, 0.6) is 0 Å². The van der Waals surface area contributed by atoms with Crippen LogP contribution in [-0.2, 0) is 28.2 Å². The zero-order chi connectivity index (χ0) is 32.0. The Hall–Kier alpha value is -2.29. The second-order valence-corrected chi connectivity index (χ2v) is 11.5. The molecule has 0 spiro atoms. The van der Waals surface area contributed by atoms with Crippen LogP contribution in [0.3, 0.4) is 0 Å². The standard InChI is InChI=1S/C33H55O9P/c1-3-5-7-8-15-20-23-27-33(36)42-31(29-41-43(37,38)39)28-40-32(35)26-22-19-17-14-12-10-9-11-13-16-18-21-25-30(34)24-6-4-2/h6,9-10,13-14,16-18,21,24,30-31,34H,3-5,7-8,11-12,15,19-20,22-23,25-29H2,1-2H3,(H2,37,38,39)/b10-9-,16-13-,17-14-,21-18+,24-6-/t30?,31-/m1/s1. The van der Waals surface area contributed by atoms with Crippen molar-refractivity contribution in [2.45, 2.75) is 122 Å². The second-order valence-electron chi connectivity index (χ2n) is 10.3. The third-order valence-corrected chi connectivity index (χ3v) is 6.61. The lowest BCUT2D eigenvalue weighted by molar-refractivity contribution is -0.161. The maximum Gasteiger partial charge on any atom is 0.469 e. The van der Waals surface area contributed by atoms with Crippen molar-refractivity contribution in [1.29, 1.82) is 0 Å². The van der Waals surface area contributed by atoms with Gasteiger partial charge < -0.3 is 24.4 Å². The molecule has 0 saturated carbocycles. The van der Waals surface area contributed by atoms with E-state index in [1.165, 1.54) is 19.3 Å². The van der Waals surface area contributed by atoms with Gasteiger partial charge in [-0.2, -0.15) is 0 Å². The van der Waals surface area contributed by atoms with Gasteiger partial charge in [0, 0.05) is 12.8 Å². The summed E-state index contributed by atoms with van der Waals surface area (Å²) in [4.78, 5) is 42.2. The maximum absolute atomic E-state index is 12.2. The second kappa shape index (κ2) is 28.5. The SMILES string of the molecule is CC/C=C\C(O)C/C=C/C=C\C/C=C\C/C=C\CCCC(=O)OC[C@H](COP(=O)(O)O)OC(=O)CCCCCCCCC. The lowest BCUT2D eigenvalue weighted by atomic mass is 10.1. The molecule has 0 amide bonds. The van der Waals surface area contributed by atoms with Crippen molar-refractivity contribution < 1.29 is 43.0 Å². The highest BCUT2D eigenvalue weighted by atomic mass is 31.2. The van der Waals surface area contributed by atoms with Gasteiger partial charge in [-0.3, -0.25) is 14.1 Å². The first-order valence-electron chi connectivity index (χ1n) is 15.7. The number of esters is 2. The largest absolute Gasteiger partial charge is 0.469 e. The van der Waals surface area contributed by atoms with Crippen LogP contribution in [0.15, 0.2) is 60.8 Å². The molecule has 0 heterocycles. The first kappa shape index (κ1) is 40.7. The Morgan fingerprint density at radius 1 is 0.744 bits per heavy atom. The van der Waals surface area contributed by atoms with Gasteiger partial charge in [0.1, 0.15) is 6.61 Å². The number of allylic oxidation sites excluding steroid dienone is 8. The maximum atomic E-state index is 12.2. The summed E-state index contributed by atoms with van der Waals surface area (Å²) in [5, 5.41) is 9.70. The molecule has 0 bridgehead atoms. The van der Waals surface area contributed by atoms with E-state index in [9.17, 15) is 19.3 Å². The molecule has 0 aliphatic rings. The van der Waals surface area contributed by atoms with E-state index in [4.69, 9.17) is 19.3 Å². The van der Waals surface area contributed by atoms with Gasteiger partial charge in [0.25, 0.3) is 0 Å². The number of phosphoric acid groups is 1. The topological polar surface area (TPSA) is 140 Å². The lowest BCUT2D eigenvalue weighted by Gasteiger charge is -2.18. The van der Waals surface area contributed by atoms with E-state index in [0.29, 0.717) is 25.7 Å². The zero-order valence-corrected chi connectivity index (χ0v) is 27.1. The van der Waals surface area contributed by atoms with E-state index >= 15 is 0 Å². The van der Waals surface area contributed by atoms with Crippen LogP contribution in [0.25, 0.3) is 0 Å². The molecule has 0 aliphatic carbocycles. The van der Waals surface area contributed by atoms with Crippen molar-refractivity contribution in [1.82, 2.24) is 0 Å². The van der Waals surface area contributed by atoms with E-state index < -0.39 is 38.6 Å². The molecule has 2 atom stereocenters. The molecule has 0 saturated heterocycles. The molecular weight excluding hydrogens is 571 g/mol. The number of hydrogen-bond acceptors (Lipinski definition) is 7. The molecule has 0 aromatic carbocycles. The number of carbonyl (C=O) groups is 2. The van der Waals surface area contributed by atoms with E-state index in [0.717, 1.165) is 38.5 Å². The minimum Gasteiger partial charge on any atom is -0.462 e. The third-order valence-electron chi connectivity index (χ3n) is 6.13. The smallest absolute Gasteiger partial charge is 0.462 e. The van der Waals surface area contributed by atoms with Crippen LogP contribution >= 0.6 is 7.82 Å². The molecule has 0 aliphatic heterocycles. The molecule has 0 aromatic rings. The van der Waals surface area contributed by atoms with Crippen LogP contribution in [0, 0.1) is 0 Å². The summed E-state index contributed by atoms with van der Waals surface area (Å²) in [5.41, 5.74) is 0. The molecule has 0 aromatic heterocycles. The van der Waals surface area contributed by atoms with E-state index in [-0.39, 0.29) is 19.4 Å². The quantitative estimate of drug-likeness (QED) is 0.0277. The first-order valence-corrected chi connectivity index (χ1v) is 17.2. The predicted molar refractivity (Wildman–Crippen MR) is 171 cm³/mol. The Kier molecular flexibility index (Phi) is 27.0. The van der Waals surface area contributed by atoms with Crippen molar-refractivity contribution >= 4 is 19.8 Å². The zero-order valence-electron chi connectivity index (χ0n) is 26.2. The number of aliphatic hydroxyl groups is 1. The molecule has 43 heavy (non-hydrogen) atoms. The van der Waals surface area contributed by atoms with Gasteiger partial charge in [-0.05, 0) is 44.9 Å². The summed E-state index contributed by atoms with van der Waals surface area (Å²) in [6.45, 7) is 3.29. The molecule has 0 rings (SSSR count). The number of aliphatic hydroxyl groups excluding tert-OH is 1. The Morgan fingerprint density at radius 3 is 2.07 bits per heavy atom. The summed E-state index contributed by atoms with van der Waals surface area (Å²) in [5.74, 6) is -0.992. The van der Waals surface area contributed by atoms with Crippen molar-refractivity contribution in [2.24, 2.45) is 0 Å². The first-order chi connectivity index (χ1) is 20.7. The highest BCUT2D eigenvalue weighted by molar-refractivity contribution is 7.46. The van der Waals surface area contributed by atoms with Crippen LogP contribution in [-0.4, -0.2) is 52.3 Å². The van der Waals surface area contributed by atoms with Gasteiger partial charge in [-0.15, -0.1) is 0 Å². The number of carbonyl (C=O) groups excluding carboxylic acids is 2. The van der Waals surface area contributed by atoms with Gasteiger partial charge in [0.15, 0.2) is 6.10 Å². The summed E-state index contributed by atoms with van der Waals surface area (Å²) in [6, 6.07) is 0. The van der Waals surface area contributed by atoms with Gasteiger partial charge >= 0.3 is 19.8 Å². The Bertz CT molecular complexity index is 902. The molecular formula is C33H55O9P. The molecule has 10 heteroatoms. The minimum absolute atomic E-state index is 0.169. The van der Waals surface area contributed by atoms with Crippen LogP contribution in [0.4, 0.5) is 0 Å². The summed E-state index contributed by atoms with van der Waals surface area (Å²) < 4.78 is 26.0. The van der Waals surface area contributed by atoms with Crippen molar-refractivity contribution in [3.05, 3.63) is 60.8 Å². The van der Waals surface area contributed by atoms with Crippen molar-refractivity contribution in [3.63, 3.8) is 0 Å². The molecule has 9 nitrogen and oxygen atoms in total. The van der Waals surface area contributed by atoms with E-state index in [1.54, 1.807) is 0 Å². The van der Waals surface area contributed by atoms with Gasteiger partial charge in [0.05, 0.1) is 12.7 Å².